The largest absolute Gasteiger partial charge is 0.478 e. The Morgan fingerprint density at radius 1 is 0.969 bits per heavy atom. The number of hydrogen-bond donors (Lipinski definition) is 2. The molecule has 170 valence electrons. The molecule has 4 rings (SSSR count). The van der Waals surface area contributed by atoms with Gasteiger partial charge in [0.2, 0.25) is 0 Å². The SMILES string of the molecule is O=C(O)C=CC(=O)O.O=C(c1ccsc1)N1CCC(CN2CCc3ccccc3C2)CC1. The molecular formula is C24H28N2O5S. The zero-order valence-electron chi connectivity index (χ0n) is 17.9. The fourth-order valence-electron chi connectivity index (χ4n) is 4.11. The topological polar surface area (TPSA) is 98.1 Å². The van der Waals surface area contributed by atoms with Gasteiger partial charge >= 0.3 is 11.9 Å². The molecule has 1 saturated heterocycles. The number of piperidine rings is 1. The minimum atomic E-state index is -1.26. The predicted molar refractivity (Wildman–Crippen MR) is 123 cm³/mol. The molecule has 0 saturated carbocycles. The molecule has 8 heteroatoms. The molecule has 32 heavy (non-hydrogen) atoms. The van der Waals surface area contributed by atoms with Crippen LogP contribution in [0.2, 0.25) is 0 Å². The molecular weight excluding hydrogens is 428 g/mol. The van der Waals surface area contributed by atoms with E-state index >= 15 is 0 Å². The number of fused-ring (bicyclic) bond motifs is 1. The molecule has 3 heterocycles. The van der Waals surface area contributed by atoms with E-state index in [2.05, 4.69) is 29.2 Å². The van der Waals surface area contributed by atoms with Gasteiger partial charge in [-0.25, -0.2) is 9.59 Å². The third kappa shape index (κ3) is 7.03. The van der Waals surface area contributed by atoms with Gasteiger partial charge in [-0.05, 0) is 47.8 Å². The summed E-state index contributed by atoms with van der Waals surface area (Å²) in [4.78, 5) is 36.2. The van der Waals surface area contributed by atoms with Crippen molar-refractivity contribution in [1.82, 2.24) is 9.80 Å². The van der Waals surface area contributed by atoms with E-state index in [1.807, 2.05) is 21.7 Å². The number of hydrogen-bond acceptors (Lipinski definition) is 5. The Balaban J connectivity index is 0.000000312. The van der Waals surface area contributed by atoms with E-state index in [-0.39, 0.29) is 5.91 Å². The lowest BCUT2D eigenvalue weighted by atomic mass is 9.93. The number of carbonyl (C=O) groups excluding carboxylic acids is 1. The Kier molecular flexibility index (Phi) is 8.58. The molecule has 1 fully saturated rings. The van der Waals surface area contributed by atoms with Crippen molar-refractivity contribution >= 4 is 29.2 Å². The van der Waals surface area contributed by atoms with Crippen molar-refractivity contribution in [3.63, 3.8) is 0 Å². The minimum Gasteiger partial charge on any atom is -0.478 e. The van der Waals surface area contributed by atoms with Gasteiger partial charge in [-0.2, -0.15) is 11.3 Å². The number of carboxylic acid groups (broad SMARTS) is 2. The first-order chi connectivity index (χ1) is 15.4. The van der Waals surface area contributed by atoms with E-state index in [1.54, 1.807) is 11.3 Å². The van der Waals surface area contributed by atoms with Gasteiger partial charge in [0, 0.05) is 50.3 Å². The number of benzene rings is 1. The van der Waals surface area contributed by atoms with Crippen LogP contribution in [-0.4, -0.2) is 64.0 Å². The van der Waals surface area contributed by atoms with Crippen LogP contribution in [0.4, 0.5) is 0 Å². The highest BCUT2D eigenvalue weighted by Gasteiger charge is 2.26. The summed E-state index contributed by atoms with van der Waals surface area (Å²) in [7, 11) is 0. The molecule has 0 aliphatic carbocycles. The van der Waals surface area contributed by atoms with Crippen LogP contribution in [0.1, 0.15) is 34.3 Å². The Morgan fingerprint density at radius 3 is 2.22 bits per heavy atom. The fraction of sp³-hybridized carbons (Fsp3) is 0.375. The summed E-state index contributed by atoms with van der Waals surface area (Å²) in [5, 5.41) is 19.6. The van der Waals surface area contributed by atoms with Gasteiger partial charge in [-0.3, -0.25) is 9.69 Å². The van der Waals surface area contributed by atoms with Crippen LogP contribution in [-0.2, 0) is 22.6 Å². The van der Waals surface area contributed by atoms with Gasteiger partial charge in [-0.15, -0.1) is 0 Å². The highest BCUT2D eigenvalue weighted by atomic mass is 32.1. The lowest BCUT2D eigenvalue weighted by Gasteiger charge is -2.36. The molecule has 2 aromatic rings. The van der Waals surface area contributed by atoms with Crippen LogP contribution in [0.25, 0.3) is 0 Å². The van der Waals surface area contributed by atoms with E-state index in [4.69, 9.17) is 10.2 Å². The maximum absolute atomic E-state index is 12.4. The van der Waals surface area contributed by atoms with Crippen LogP contribution >= 0.6 is 11.3 Å². The number of likely N-dealkylation sites (tertiary alicyclic amines) is 1. The van der Waals surface area contributed by atoms with Gasteiger partial charge in [0.05, 0.1) is 5.56 Å². The number of aliphatic carboxylic acids is 2. The lowest BCUT2D eigenvalue weighted by molar-refractivity contribution is -0.134. The summed E-state index contributed by atoms with van der Waals surface area (Å²) in [5.74, 6) is -1.58. The third-order valence-electron chi connectivity index (χ3n) is 5.76. The van der Waals surface area contributed by atoms with Crippen molar-refractivity contribution in [3.05, 3.63) is 69.9 Å². The number of amides is 1. The Hall–Kier alpha value is -2.97. The molecule has 7 nitrogen and oxygen atoms in total. The second kappa shape index (κ2) is 11.6. The monoisotopic (exact) mass is 456 g/mol. The van der Waals surface area contributed by atoms with Gasteiger partial charge in [0.25, 0.3) is 5.91 Å². The smallest absolute Gasteiger partial charge is 0.328 e. The van der Waals surface area contributed by atoms with Crippen molar-refractivity contribution in [2.45, 2.75) is 25.8 Å². The second-order valence-corrected chi connectivity index (χ2v) is 8.79. The third-order valence-corrected chi connectivity index (χ3v) is 6.45. The Bertz CT molecular complexity index is 933. The molecule has 1 amide bonds. The van der Waals surface area contributed by atoms with Crippen LogP contribution in [0.3, 0.4) is 0 Å². The Morgan fingerprint density at radius 2 is 1.62 bits per heavy atom. The van der Waals surface area contributed by atoms with E-state index < -0.39 is 11.9 Å². The molecule has 0 atom stereocenters. The van der Waals surface area contributed by atoms with Crippen LogP contribution in [0.5, 0.6) is 0 Å². The summed E-state index contributed by atoms with van der Waals surface area (Å²) < 4.78 is 0. The number of nitrogens with zero attached hydrogens (tertiary/aromatic N) is 2. The molecule has 1 aromatic carbocycles. The zero-order chi connectivity index (χ0) is 22.9. The van der Waals surface area contributed by atoms with Crippen LogP contribution in [0, 0.1) is 5.92 Å². The van der Waals surface area contributed by atoms with Crippen LogP contribution < -0.4 is 0 Å². The highest BCUT2D eigenvalue weighted by molar-refractivity contribution is 7.08. The minimum absolute atomic E-state index is 0.210. The molecule has 0 unspecified atom stereocenters. The average molecular weight is 457 g/mol. The summed E-state index contributed by atoms with van der Waals surface area (Å²) >= 11 is 1.60. The number of thiophene rings is 1. The molecule has 2 aliphatic rings. The molecule has 0 radical (unpaired) electrons. The first-order valence-corrected chi connectivity index (χ1v) is 11.6. The second-order valence-electron chi connectivity index (χ2n) is 8.01. The van der Waals surface area contributed by atoms with E-state index in [0.29, 0.717) is 12.2 Å². The van der Waals surface area contributed by atoms with Gasteiger partial charge in [0.1, 0.15) is 0 Å². The highest BCUT2D eigenvalue weighted by Crippen LogP contribution is 2.24. The van der Waals surface area contributed by atoms with Gasteiger partial charge < -0.3 is 15.1 Å². The van der Waals surface area contributed by atoms with E-state index in [9.17, 15) is 14.4 Å². The number of rotatable bonds is 5. The first kappa shape index (κ1) is 23.7. The quantitative estimate of drug-likeness (QED) is 0.670. The van der Waals surface area contributed by atoms with Crippen molar-refractivity contribution < 1.29 is 24.6 Å². The normalized spacial score (nSPS) is 16.8. The predicted octanol–water partition coefficient (Wildman–Crippen LogP) is 3.37. The summed E-state index contributed by atoms with van der Waals surface area (Å²) in [6.07, 6.45) is 4.55. The molecule has 0 spiro atoms. The molecule has 0 bridgehead atoms. The summed E-state index contributed by atoms with van der Waals surface area (Å²) in [5.41, 5.74) is 3.87. The maximum Gasteiger partial charge on any atom is 0.328 e. The molecule has 1 aromatic heterocycles. The summed E-state index contributed by atoms with van der Waals surface area (Å²) in [6, 6.07) is 10.8. The van der Waals surface area contributed by atoms with Gasteiger partial charge in [0.15, 0.2) is 0 Å². The molecule has 2 aliphatic heterocycles. The Labute approximate surface area is 191 Å². The van der Waals surface area contributed by atoms with E-state index in [0.717, 1.165) is 44.0 Å². The molecule has 2 N–H and O–H groups in total. The maximum atomic E-state index is 12.4. The average Bonchev–Trinajstić information content (AvgIpc) is 3.33. The summed E-state index contributed by atoms with van der Waals surface area (Å²) in [6.45, 7) is 5.25. The fourth-order valence-corrected chi connectivity index (χ4v) is 4.73. The van der Waals surface area contributed by atoms with Gasteiger partial charge in [-0.1, -0.05) is 24.3 Å². The van der Waals surface area contributed by atoms with Crippen molar-refractivity contribution in [1.29, 1.82) is 0 Å². The van der Waals surface area contributed by atoms with Crippen molar-refractivity contribution in [3.8, 4) is 0 Å². The number of carboxylic acids is 2. The number of carbonyl (C=O) groups is 3. The van der Waals surface area contributed by atoms with Crippen molar-refractivity contribution in [2.75, 3.05) is 26.2 Å². The standard InChI is InChI=1S/C20H24N2OS.C4H4O4/c23-20(19-8-12-24-15-19)22-10-5-16(6-11-22)13-21-9-7-17-3-1-2-4-18(17)14-21;5-3(6)1-2-4(7)8/h1-4,8,12,15-16H,5-7,9-11,13-14H2;1-2H,(H,5,6)(H,7,8). The lowest BCUT2D eigenvalue weighted by Crippen LogP contribution is -2.42. The zero-order valence-corrected chi connectivity index (χ0v) is 18.7. The van der Waals surface area contributed by atoms with Crippen LogP contribution in [0.15, 0.2) is 53.2 Å². The van der Waals surface area contributed by atoms with Crippen molar-refractivity contribution in [2.24, 2.45) is 5.92 Å². The van der Waals surface area contributed by atoms with E-state index in [1.165, 1.54) is 30.6 Å². The first-order valence-electron chi connectivity index (χ1n) is 10.7.